The van der Waals surface area contributed by atoms with E-state index >= 15 is 0 Å². The Morgan fingerprint density at radius 3 is 1.68 bits per heavy atom. The fourth-order valence-corrected chi connectivity index (χ4v) is 8.25. The molecule has 0 aliphatic heterocycles. The van der Waals surface area contributed by atoms with E-state index < -0.39 is 0 Å². The molecule has 0 spiro atoms. The first kappa shape index (κ1) is 26.4. The van der Waals surface area contributed by atoms with Crippen molar-refractivity contribution in [3.63, 3.8) is 0 Å². The highest BCUT2D eigenvalue weighted by molar-refractivity contribution is 6.13. The molecular formula is C45H32N2. The average molecular weight is 601 g/mol. The number of fused-ring (bicyclic) bond motifs is 9. The average Bonchev–Trinajstić information content (AvgIpc) is 3.70. The standard InChI is InChI=1S/C45H32N2/c1-45(2)39-19-11-9-17-33(39)36-28-44-38(27-40(36)45)37-25-29(22-24-42(37)47(44)32-15-7-4-8-16-32)30-21-23-35-34-18-10-12-20-41(34)46(43(35)26-30)31-13-5-3-6-14-31/h3-28H,1-2H3. The molecule has 222 valence electrons. The van der Waals surface area contributed by atoms with Crippen molar-refractivity contribution in [2.24, 2.45) is 0 Å². The highest BCUT2D eigenvalue weighted by atomic mass is 15.0. The number of hydrogen-bond donors (Lipinski definition) is 0. The molecule has 0 saturated heterocycles. The van der Waals surface area contributed by atoms with Crippen molar-refractivity contribution in [2.75, 3.05) is 0 Å². The van der Waals surface area contributed by atoms with Gasteiger partial charge in [0.1, 0.15) is 0 Å². The molecule has 0 unspecified atom stereocenters. The summed E-state index contributed by atoms with van der Waals surface area (Å²) in [6, 6.07) is 58.1. The van der Waals surface area contributed by atoms with Gasteiger partial charge in [-0.25, -0.2) is 0 Å². The Morgan fingerprint density at radius 2 is 0.915 bits per heavy atom. The Kier molecular flexibility index (Phi) is 5.37. The summed E-state index contributed by atoms with van der Waals surface area (Å²) >= 11 is 0. The molecular weight excluding hydrogens is 569 g/mol. The minimum atomic E-state index is -0.0607. The second kappa shape index (κ2) is 9.57. The molecule has 2 heterocycles. The van der Waals surface area contributed by atoms with Crippen LogP contribution in [0.3, 0.4) is 0 Å². The van der Waals surface area contributed by atoms with Gasteiger partial charge in [0.25, 0.3) is 0 Å². The molecule has 7 aromatic carbocycles. The van der Waals surface area contributed by atoms with Gasteiger partial charge in [0.15, 0.2) is 0 Å². The summed E-state index contributed by atoms with van der Waals surface area (Å²) in [6.07, 6.45) is 0. The third-order valence-electron chi connectivity index (χ3n) is 10.5. The summed E-state index contributed by atoms with van der Waals surface area (Å²) in [6.45, 7) is 4.73. The van der Waals surface area contributed by atoms with Gasteiger partial charge in [-0.3, -0.25) is 0 Å². The van der Waals surface area contributed by atoms with Crippen molar-refractivity contribution in [1.29, 1.82) is 0 Å². The first-order valence-corrected chi connectivity index (χ1v) is 16.4. The molecule has 0 atom stereocenters. The largest absolute Gasteiger partial charge is 0.309 e. The van der Waals surface area contributed by atoms with Gasteiger partial charge in [-0.15, -0.1) is 0 Å². The van der Waals surface area contributed by atoms with E-state index in [1.807, 2.05) is 0 Å². The van der Waals surface area contributed by atoms with E-state index in [-0.39, 0.29) is 5.41 Å². The molecule has 47 heavy (non-hydrogen) atoms. The van der Waals surface area contributed by atoms with E-state index in [1.165, 1.54) is 88.4 Å². The predicted molar refractivity (Wildman–Crippen MR) is 198 cm³/mol. The van der Waals surface area contributed by atoms with E-state index in [2.05, 4.69) is 181 Å². The number of rotatable bonds is 3. The maximum Gasteiger partial charge on any atom is 0.0547 e. The van der Waals surface area contributed by atoms with Gasteiger partial charge in [0.2, 0.25) is 0 Å². The van der Waals surface area contributed by atoms with Crippen LogP contribution in [0.25, 0.3) is 77.2 Å². The fraction of sp³-hybridized carbons (Fsp3) is 0.0667. The summed E-state index contributed by atoms with van der Waals surface area (Å²) < 4.78 is 4.84. The smallest absolute Gasteiger partial charge is 0.0547 e. The van der Waals surface area contributed by atoms with E-state index in [0.717, 1.165) is 0 Å². The lowest BCUT2D eigenvalue weighted by Crippen LogP contribution is -2.14. The molecule has 2 aromatic heterocycles. The molecule has 1 aliphatic rings. The molecule has 0 amide bonds. The minimum Gasteiger partial charge on any atom is -0.309 e. The van der Waals surface area contributed by atoms with Crippen LogP contribution in [0.1, 0.15) is 25.0 Å². The van der Waals surface area contributed by atoms with Crippen LogP contribution in [0.5, 0.6) is 0 Å². The zero-order valence-corrected chi connectivity index (χ0v) is 26.4. The predicted octanol–water partition coefficient (Wildman–Crippen LogP) is 11.9. The van der Waals surface area contributed by atoms with Gasteiger partial charge < -0.3 is 9.13 Å². The van der Waals surface area contributed by atoms with E-state index in [4.69, 9.17) is 0 Å². The Labute approximate surface area is 273 Å². The lowest BCUT2D eigenvalue weighted by Gasteiger charge is -2.21. The molecule has 10 rings (SSSR count). The molecule has 0 fully saturated rings. The van der Waals surface area contributed by atoms with Crippen molar-refractivity contribution < 1.29 is 0 Å². The second-order valence-corrected chi connectivity index (χ2v) is 13.4. The number of hydrogen-bond acceptors (Lipinski definition) is 0. The highest BCUT2D eigenvalue weighted by Gasteiger charge is 2.36. The Balaban J connectivity index is 1.24. The zero-order chi connectivity index (χ0) is 31.3. The fourth-order valence-electron chi connectivity index (χ4n) is 8.25. The molecule has 1 aliphatic carbocycles. The zero-order valence-electron chi connectivity index (χ0n) is 26.4. The summed E-state index contributed by atoms with van der Waals surface area (Å²) in [4.78, 5) is 0. The van der Waals surface area contributed by atoms with Crippen molar-refractivity contribution in [3.8, 4) is 33.6 Å². The van der Waals surface area contributed by atoms with Crippen LogP contribution in [0.4, 0.5) is 0 Å². The number of nitrogens with zero attached hydrogens (tertiary/aromatic N) is 2. The summed E-state index contributed by atoms with van der Waals surface area (Å²) in [5.41, 5.74) is 15.2. The molecule has 2 heteroatoms. The molecule has 0 bridgehead atoms. The van der Waals surface area contributed by atoms with E-state index in [0.29, 0.717) is 0 Å². The number of benzene rings is 7. The molecule has 0 radical (unpaired) electrons. The molecule has 2 nitrogen and oxygen atoms in total. The number of para-hydroxylation sites is 3. The van der Waals surface area contributed by atoms with E-state index in [9.17, 15) is 0 Å². The Bertz CT molecular complexity index is 2690. The van der Waals surface area contributed by atoms with Gasteiger partial charge in [-0.1, -0.05) is 111 Å². The normalized spacial score (nSPS) is 13.5. The van der Waals surface area contributed by atoms with Crippen molar-refractivity contribution in [3.05, 3.63) is 169 Å². The van der Waals surface area contributed by atoms with Gasteiger partial charge in [-0.2, -0.15) is 0 Å². The third-order valence-corrected chi connectivity index (χ3v) is 10.5. The van der Waals surface area contributed by atoms with Crippen LogP contribution < -0.4 is 0 Å². The monoisotopic (exact) mass is 600 g/mol. The van der Waals surface area contributed by atoms with Gasteiger partial charge in [-0.05, 0) is 94.0 Å². The van der Waals surface area contributed by atoms with Crippen LogP contribution in [0.15, 0.2) is 158 Å². The molecule has 0 N–H and O–H groups in total. The Morgan fingerprint density at radius 1 is 0.362 bits per heavy atom. The van der Waals surface area contributed by atoms with Gasteiger partial charge in [0.05, 0.1) is 22.1 Å². The lowest BCUT2D eigenvalue weighted by molar-refractivity contribution is 0.661. The summed E-state index contributed by atoms with van der Waals surface area (Å²) in [7, 11) is 0. The molecule has 0 saturated carbocycles. The summed E-state index contributed by atoms with van der Waals surface area (Å²) in [5.74, 6) is 0. The first-order chi connectivity index (χ1) is 23.1. The maximum atomic E-state index is 2.48. The topological polar surface area (TPSA) is 9.86 Å². The van der Waals surface area contributed by atoms with Crippen molar-refractivity contribution in [2.45, 2.75) is 19.3 Å². The number of aromatic nitrogens is 2. The second-order valence-electron chi connectivity index (χ2n) is 13.4. The van der Waals surface area contributed by atoms with Crippen LogP contribution in [0, 0.1) is 0 Å². The van der Waals surface area contributed by atoms with Gasteiger partial charge in [0, 0.05) is 38.3 Å². The lowest BCUT2D eigenvalue weighted by atomic mass is 9.82. The highest BCUT2D eigenvalue weighted by Crippen LogP contribution is 2.51. The first-order valence-electron chi connectivity index (χ1n) is 16.4. The molecule has 9 aromatic rings. The van der Waals surface area contributed by atoms with E-state index in [1.54, 1.807) is 0 Å². The van der Waals surface area contributed by atoms with Crippen LogP contribution in [0.2, 0.25) is 0 Å². The van der Waals surface area contributed by atoms with Crippen LogP contribution in [-0.2, 0) is 5.41 Å². The van der Waals surface area contributed by atoms with Crippen LogP contribution in [-0.4, -0.2) is 9.13 Å². The maximum absolute atomic E-state index is 2.48. The third kappa shape index (κ3) is 3.67. The quantitative estimate of drug-likeness (QED) is 0.191. The minimum absolute atomic E-state index is 0.0607. The van der Waals surface area contributed by atoms with Crippen molar-refractivity contribution >= 4 is 43.6 Å². The SMILES string of the molecule is CC1(C)c2ccccc2-c2cc3c(cc21)c1cc(-c2ccc4c5ccccc5n(-c5ccccc5)c4c2)ccc1n3-c1ccccc1. The van der Waals surface area contributed by atoms with Crippen molar-refractivity contribution in [1.82, 2.24) is 9.13 Å². The Hall–Kier alpha value is -5.86. The van der Waals surface area contributed by atoms with Gasteiger partial charge >= 0.3 is 0 Å². The summed E-state index contributed by atoms with van der Waals surface area (Å²) in [5, 5.41) is 5.12. The van der Waals surface area contributed by atoms with Crippen LogP contribution >= 0.6 is 0 Å².